The first-order valence-corrected chi connectivity index (χ1v) is 4.09. The zero-order chi connectivity index (χ0) is 6.97. The molecule has 2 nitrogen and oxygen atoms in total. The average molecular weight is 139 g/mol. The molecule has 0 aromatic heterocycles. The highest BCUT2D eigenvalue weighted by Crippen LogP contribution is 2.48. The van der Waals surface area contributed by atoms with Crippen LogP contribution in [0.25, 0.3) is 0 Å². The lowest BCUT2D eigenvalue weighted by Gasteiger charge is -2.05. The van der Waals surface area contributed by atoms with E-state index in [-0.39, 0.29) is 0 Å². The molecule has 2 aliphatic rings. The van der Waals surface area contributed by atoms with E-state index in [0.717, 1.165) is 11.8 Å². The van der Waals surface area contributed by atoms with Gasteiger partial charge in [0, 0.05) is 12.1 Å². The number of hydrogen-bond donors (Lipinski definition) is 1. The second-order valence-electron chi connectivity index (χ2n) is 3.52. The molecule has 2 rings (SSSR count). The third-order valence-corrected chi connectivity index (χ3v) is 2.57. The highest BCUT2D eigenvalue weighted by Gasteiger charge is 2.40. The lowest BCUT2D eigenvalue weighted by atomic mass is 10.00. The van der Waals surface area contributed by atoms with E-state index in [0.29, 0.717) is 5.92 Å². The minimum atomic E-state index is 0.616. The molecule has 0 spiro atoms. The van der Waals surface area contributed by atoms with Crippen LogP contribution < -0.4 is 0 Å². The average Bonchev–Trinajstić information content (AvgIpc) is 2.77. The van der Waals surface area contributed by atoms with Crippen molar-refractivity contribution in [2.24, 2.45) is 22.9 Å². The Morgan fingerprint density at radius 2 is 1.70 bits per heavy atom. The van der Waals surface area contributed by atoms with E-state index in [2.05, 4.69) is 5.16 Å². The Bertz CT molecular complexity index is 135. The van der Waals surface area contributed by atoms with Crippen LogP contribution in [0.3, 0.4) is 0 Å². The van der Waals surface area contributed by atoms with Crippen molar-refractivity contribution in [3.8, 4) is 0 Å². The van der Waals surface area contributed by atoms with Crippen molar-refractivity contribution in [3.05, 3.63) is 0 Å². The third-order valence-electron chi connectivity index (χ3n) is 2.57. The normalized spacial score (nSPS) is 26.5. The molecule has 0 radical (unpaired) electrons. The molecule has 0 amide bonds. The number of oxime groups is 1. The van der Waals surface area contributed by atoms with Crippen molar-refractivity contribution in [1.29, 1.82) is 0 Å². The van der Waals surface area contributed by atoms with Crippen LogP contribution in [0.2, 0.25) is 0 Å². The molecule has 0 atom stereocenters. The summed E-state index contributed by atoms with van der Waals surface area (Å²) in [5, 5.41) is 11.5. The zero-order valence-electron chi connectivity index (χ0n) is 6.03. The molecule has 10 heavy (non-hydrogen) atoms. The van der Waals surface area contributed by atoms with Crippen LogP contribution in [-0.2, 0) is 0 Å². The van der Waals surface area contributed by atoms with E-state index in [4.69, 9.17) is 5.21 Å². The van der Waals surface area contributed by atoms with Gasteiger partial charge in [-0.2, -0.15) is 0 Å². The van der Waals surface area contributed by atoms with E-state index in [1.165, 1.54) is 25.7 Å². The summed E-state index contributed by atoms with van der Waals surface area (Å²) < 4.78 is 0. The Morgan fingerprint density at radius 3 is 2.00 bits per heavy atom. The third kappa shape index (κ3) is 1.15. The van der Waals surface area contributed by atoms with Gasteiger partial charge in [-0.25, -0.2) is 0 Å². The topological polar surface area (TPSA) is 32.6 Å². The summed E-state index contributed by atoms with van der Waals surface area (Å²) in [4.78, 5) is 0. The van der Waals surface area contributed by atoms with Gasteiger partial charge in [0.15, 0.2) is 0 Å². The van der Waals surface area contributed by atoms with Crippen molar-refractivity contribution in [1.82, 2.24) is 0 Å². The molecule has 56 valence electrons. The van der Waals surface area contributed by atoms with Crippen LogP contribution in [0, 0.1) is 17.8 Å². The van der Waals surface area contributed by atoms with Gasteiger partial charge in [-0.15, -0.1) is 5.16 Å². The molecular formula is C8H13NO. The quantitative estimate of drug-likeness (QED) is 0.361. The molecule has 2 aliphatic carbocycles. The predicted octanol–water partition coefficient (Wildman–Crippen LogP) is 1.88. The molecule has 2 heteroatoms. The summed E-state index contributed by atoms with van der Waals surface area (Å²) in [7, 11) is 0. The molecule has 0 aromatic rings. The monoisotopic (exact) mass is 139 g/mol. The zero-order valence-corrected chi connectivity index (χ0v) is 6.03. The summed E-state index contributed by atoms with van der Waals surface area (Å²) in [5.74, 6) is 2.34. The van der Waals surface area contributed by atoms with Crippen molar-refractivity contribution < 1.29 is 5.21 Å². The molecular weight excluding hydrogens is 126 g/mol. The molecule has 2 saturated carbocycles. The summed E-state index contributed by atoms with van der Waals surface area (Å²) in [6, 6.07) is 0. The van der Waals surface area contributed by atoms with Gasteiger partial charge in [-0.05, 0) is 37.5 Å². The minimum absolute atomic E-state index is 0.616. The molecule has 0 aromatic carbocycles. The Hall–Kier alpha value is -0.530. The van der Waals surface area contributed by atoms with E-state index in [1.54, 1.807) is 6.21 Å². The van der Waals surface area contributed by atoms with Gasteiger partial charge in [-0.3, -0.25) is 0 Å². The van der Waals surface area contributed by atoms with Crippen LogP contribution in [-0.4, -0.2) is 11.4 Å². The van der Waals surface area contributed by atoms with E-state index < -0.39 is 0 Å². The lowest BCUT2D eigenvalue weighted by Crippen LogP contribution is -2.06. The van der Waals surface area contributed by atoms with Crippen LogP contribution in [0.4, 0.5) is 0 Å². The van der Waals surface area contributed by atoms with Crippen molar-refractivity contribution >= 4 is 6.21 Å². The largest absolute Gasteiger partial charge is 0.411 e. The second-order valence-corrected chi connectivity index (χ2v) is 3.52. The van der Waals surface area contributed by atoms with Gasteiger partial charge in [0.1, 0.15) is 0 Å². The standard InChI is InChI=1S/C8H13NO/c10-9-5-8(6-1-2-6)7-3-4-7/h5-8,10H,1-4H2. The Labute approximate surface area is 60.9 Å². The first-order valence-electron chi connectivity index (χ1n) is 4.09. The summed E-state index contributed by atoms with van der Waals surface area (Å²) >= 11 is 0. The number of rotatable bonds is 3. The van der Waals surface area contributed by atoms with Gasteiger partial charge in [0.25, 0.3) is 0 Å². The van der Waals surface area contributed by atoms with Gasteiger partial charge < -0.3 is 5.21 Å². The van der Waals surface area contributed by atoms with E-state index in [9.17, 15) is 0 Å². The Balaban J connectivity index is 1.92. The van der Waals surface area contributed by atoms with Crippen molar-refractivity contribution in [2.45, 2.75) is 25.7 Å². The van der Waals surface area contributed by atoms with Gasteiger partial charge in [-0.1, -0.05) is 0 Å². The fourth-order valence-corrected chi connectivity index (χ4v) is 1.67. The van der Waals surface area contributed by atoms with Crippen LogP contribution >= 0.6 is 0 Å². The van der Waals surface area contributed by atoms with Crippen LogP contribution in [0.1, 0.15) is 25.7 Å². The summed E-state index contributed by atoms with van der Waals surface area (Å²) in [5.41, 5.74) is 0. The SMILES string of the molecule is ON=CC(C1CC1)C1CC1. The smallest absolute Gasteiger partial charge is 0.0472 e. The first kappa shape index (κ1) is 6.20. The first-order chi connectivity index (χ1) is 4.92. The Morgan fingerprint density at radius 1 is 1.20 bits per heavy atom. The van der Waals surface area contributed by atoms with Gasteiger partial charge >= 0.3 is 0 Å². The fraction of sp³-hybridized carbons (Fsp3) is 0.875. The molecule has 0 unspecified atom stereocenters. The molecule has 2 fully saturated rings. The second kappa shape index (κ2) is 2.26. The molecule has 0 saturated heterocycles. The summed E-state index contributed by atoms with van der Waals surface area (Å²) in [6.45, 7) is 0. The molecule has 0 bridgehead atoms. The highest BCUT2D eigenvalue weighted by molar-refractivity contribution is 5.62. The maximum Gasteiger partial charge on any atom is 0.0472 e. The lowest BCUT2D eigenvalue weighted by molar-refractivity contribution is 0.315. The summed E-state index contributed by atoms with van der Waals surface area (Å²) in [6.07, 6.45) is 7.16. The van der Waals surface area contributed by atoms with Gasteiger partial charge in [0.05, 0.1) is 0 Å². The maximum absolute atomic E-state index is 8.36. The highest BCUT2D eigenvalue weighted by atomic mass is 16.4. The molecule has 1 N–H and O–H groups in total. The van der Waals surface area contributed by atoms with Crippen molar-refractivity contribution in [2.75, 3.05) is 0 Å². The maximum atomic E-state index is 8.36. The number of nitrogens with zero attached hydrogens (tertiary/aromatic N) is 1. The van der Waals surface area contributed by atoms with Crippen molar-refractivity contribution in [3.63, 3.8) is 0 Å². The molecule has 0 heterocycles. The van der Waals surface area contributed by atoms with Crippen LogP contribution in [0.5, 0.6) is 0 Å². The minimum Gasteiger partial charge on any atom is -0.411 e. The fourth-order valence-electron chi connectivity index (χ4n) is 1.67. The van der Waals surface area contributed by atoms with Gasteiger partial charge in [0.2, 0.25) is 0 Å². The molecule has 0 aliphatic heterocycles. The number of hydrogen-bond acceptors (Lipinski definition) is 2. The van der Waals surface area contributed by atoms with Crippen LogP contribution in [0.15, 0.2) is 5.16 Å². The predicted molar refractivity (Wildman–Crippen MR) is 39.2 cm³/mol. The van der Waals surface area contributed by atoms with E-state index >= 15 is 0 Å². The Kier molecular flexibility index (Phi) is 1.40. The van der Waals surface area contributed by atoms with E-state index in [1.807, 2.05) is 0 Å².